The van der Waals surface area contributed by atoms with Crippen molar-refractivity contribution in [3.63, 3.8) is 0 Å². The normalized spacial score (nSPS) is 24.8. The number of hydrogen-bond acceptors (Lipinski definition) is 2. The van der Waals surface area contributed by atoms with E-state index >= 15 is 0 Å². The molecular weight excluding hydrogens is 296 g/mol. The van der Waals surface area contributed by atoms with Gasteiger partial charge in [0.15, 0.2) is 0 Å². The van der Waals surface area contributed by atoms with Crippen LogP contribution in [0.1, 0.15) is 50.1 Å². The Labute approximate surface area is 124 Å². The van der Waals surface area contributed by atoms with Crippen LogP contribution in [0, 0.1) is 11.6 Å². The molecule has 2 fully saturated rings. The number of nitrogens with zero attached hydrogens (tertiary/aromatic N) is 1. The van der Waals surface area contributed by atoms with E-state index in [4.69, 9.17) is 0 Å². The third-order valence-electron chi connectivity index (χ3n) is 4.57. The largest absolute Gasteiger partial charge is 0.217 e. The highest BCUT2D eigenvalue weighted by atomic mass is 32.2. The average Bonchev–Trinajstić information content (AvgIpc) is 3.12. The summed E-state index contributed by atoms with van der Waals surface area (Å²) in [6, 6.07) is 2.70. The molecule has 1 aromatic rings. The standard InChI is InChI=1S/C15H19F2NO2S/c16-11-7-8-14(17)13(10-11)15-6-3-9-18(15)21(19,20)12-4-1-2-5-12/h7-8,10,12,15H,1-6,9H2/t15-/m1/s1. The number of benzene rings is 1. The Morgan fingerprint density at radius 3 is 2.48 bits per heavy atom. The van der Waals surface area contributed by atoms with Crippen LogP contribution in [0.2, 0.25) is 0 Å². The van der Waals surface area contributed by atoms with E-state index in [0.717, 1.165) is 31.0 Å². The summed E-state index contributed by atoms with van der Waals surface area (Å²) >= 11 is 0. The summed E-state index contributed by atoms with van der Waals surface area (Å²) < 4.78 is 54.2. The Bertz CT molecular complexity index is 627. The van der Waals surface area contributed by atoms with Gasteiger partial charge >= 0.3 is 0 Å². The van der Waals surface area contributed by atoms with E-state index < -0.39 is 27.7 Å². The van der Waals surface area contributed by atoms with E-state index in [9.17, 15) is 17.2 Å². The lowest BCUT2D eigenvalue weighted by Gasteiger charge is -2.27. The van der Waals surface area contributed by atoms with E-state index in [1.807, 2.05) is 0 Å². The molecular formula is C15H19F2NO2S. The van der Waals surface area contributed by atoms with E-state index in [1.165, 1.54) is 4.31 Å². The zero-order valence-corrected chi connectivity index (χ0v) is 12.6. The van der Waals surface area contributed by atoms with Crippen molar-refractivity contribution < 1.29 is 17.2 Å². The SMILES string of the molecule is O=S(=O)(C1CCCC1)N1CCC[C@@H]1c1cc(F)ccc1F. The number of rotatable bonds is 3. The zero-order valence-electron chi connectivity index (χ0n) is 11.8. The molecule has 1 heterocycles. The van der Waals surface area contributed by atoms with Crippen LogP contribution < -0.4 is 0 Å². The fourth-order valence-corrected chi connectivity index (χ4v) is 5.77. The van der Waals surface area contributed by atoms with Crippen LogP contribution in [0.15, 0.2) is 18.2 Å². The summed E-state index contributed by atoms with van der Waals surface area (Å²) in [5.74, 6) is -1.06. The van der Waals surface area contributed by atoms with E-state index in [-0.39, 0.29) is 10.8 Å². The molecule has 1 saturated heterocycles. The summed E-state index contributed by atoms with van der Waals surface area (Å²) in [5, 5.41) is -0.352. The van der Waals surface area contributed by atoms with Gasteiger partial charge in [0.1, 0.15) is 11.6 Å². The van der Waals surface area contributed by atoms with E-state index in [1.54, 1.807) is 0 Å². The Kier molecular flexibility index (Phi) is 4.01. The third kappa shape index (κ3) is 2.71. The molecule has 6 heteroatoms. The van der Waals surface area contributed by atoms with Gasteiger partial charge in [0, 0.05) is 12.1 Å². The summed E-state index contributed by atoms with van der Waals surface area (Å²) in [7, 11) is -3.42. The van der Waals surface area contributed by atoms with E-state index in [0.29, 0.717) is 32.2 Å². The van der Waals surface area contributed by atoms with Crippen molar-refractivity contribution in [3.05, 3.63) is 35.4 Å². The zero-order chi connectivity index (χ0) is 15.0. The molecule has 1 aromatic carbocycles. The third-order valence-corrected chi connectivity index (χ3v) is 6.98. The van der Waals surface area contributed by atoms with Gasteiger partial charge in [-0.15, -0.1) is 0 Å². The Balaban J connectivity index is 1.93. The topological polar surface area (TPSA) is 37.4 Å². The maximum Gasteiger partial charge on any atom is 0.217 e. The van der Waals surface area contributed by atoms with Gasteiger partial charge in [-0.3, -0.25) is 0 Å². The Morgan fingerprint density at radius 2 is 1.76 bits per heavy atom. The maximum absolute atomic E-state index is 14.0. The average molecular weight is 315 g/mol. The maximum atomic E-state index is 14.0. The van der Waals surface area contributed by atoms with Gasteiger partial charge in [0.25, 0.3) is 0 Å². The lowest BCUT2D eigenvalue weighted by Crippen LogP contribution is -2.37. The second-order valence-corrected chi connectivity index (χ2v) is 8.05. The van der Waals surface area contributed by atoms with Crippen LogP contribution in [-0.4, -0.2) is 24.5 Å². The fourth-order valence-electron chi connectivity index (χ4n) is 3.50. The highest BCUT2D eigenvalue weighted by molar-refractivity contribution is 7.89. The van der Waals surface area contributed by atoms with Crippen molar-refractivity contribution in [2.75, 3.05) is 6.54 Å². The second kappa shape index (κ2) is 5.65. The van der Waals surface area contributed by atoms with Gasteiger partial charge in [0.05, 0.1) is 11.3 Å². The summed E-state index contributed by atoms with van der Waals surface area (Å²) in [6.07, 6.45) is 4.45. The predicted octanol–water partition coefficient (Wildman–Crippen LogP) is 3.37. The predicted molar refractivity (Wildman–Crippen MR) is 76.2 cm³/mol. The van der Waals surface area contributed by atoms with Crippen LogP contribution >= 0.6 is 0 Å². The number of hydrogen-bond donors (Lipinski definition) is 0. The first-order valence-electron chi connectivity index (χ1n) is 7.46. The van der Waals surface area contributed by atoms with Gasteiger partial charge < -0.3 is 0 Å². The molecule has 21 heavy (non-hydrogen) atoms. The monoisotopic (exact) mass is 315 g/mol. The summed E-state index contributed by atoms with van der Waals surface area (Å²) in [6.45, 7) is 0.402. The smallest absolute Gasteiger partial charge is 0.212 e. The summed E-state index contributed by atoms with van der Waals surface area (Å²) in [5.41, 5.74) is 0.161. The molecule has 1 aliphatic carbocycles. The number of halogens is 2. The molecule has 0 bridgehead atoms. The molecule has 0 radical (unpaired) electrons. The molecule has 0 amide bonds. The first-order valence-corrected chi connectivity index (χ1v) is 8.96. The minimum atomic E-state index is -3.42. The Morgan fingerprint density at radius 1 is 1.05 bits per heavy atom. The molecule has 3 nitrogen and oxygen atoms in total. The highest BCUT2D eigenvalue weighted by Gasteiger charge is 2.41. The highest BCUT2D eigenvalue weighted by Crippen LogP contribution is 2.39. The van der Waals surface area contributed by atoms with Crippen molar-refractivity contribution in [2.24, 2.45) is 0 Å². The molecule has 0 spiro atoms. The summed E-state index contributed by atoms with van der Waals surface area (Å²) in [4.78, 5) is 0. The second-order valence-electron chi connectivity index (χ2n) is 5.89. The first-order chi connectivity index (χ1) is 10.00. The quantitative estimate of drug-likeness (QED) is 0.857. The van der Waals surface area contributed by atoms with Crippen LogP contribution in [0.3, 0.4) is 0 Å². The van der Waals surface area contributed by atoms with Gasteiger partial charge in [0.2, 0.25) is 10.0 Å². The van der Waals surface area contributed by atoms with Crippen molar-refractivity contribution >= 4 is 10.0 Å². The Hall–Kier alpha value is -1.01. The van der Waals surface area contributed by atoms with Crippen molar-refractivity contribution in [3.8, 4) is 0 Å². The molecule has 1 saturated carbocycles. The molecule has 0 aromatic heterocycles. The minimum Gasteiger partial charge on any atom is -0.212 e. The van der Waals surface area contributed by atoms with Gasteiger partial charge in [-0.1, -0.05) is 12.8 Å². The molecule has 0 unspecified atom stereocenters. The van der Waals surface area contributed by atoms with Gasteiger partial charge in [-0.2, -0.15) is 4.31 Å². The first kappa shape index (κ1) is 14.9. The molecule has 1 aliphatic heterocycles. The fraction of sp³-hybridized carbons (Fsp3) is 0.600. The molecule has 0 N–H and O–H groups in total. The van der Waals surface area contributed by atoms with Crippen LogP contribution in [0.5, 0.6) is 0 Å². The van der Waals surface area contributed by atoms with Gasteiger partial charge in [-0.25, -0.2) is 17.2 Å². The van der Waals surface area contributed by atoms with Crippen LogP contribution in [-0.2, 0) is 10.0 Å². The molecule has 2 aliphatic rings. The van der Waals surface area contributed by atoms with Crippen molar-refractivity contribution in [2.45, 2.75) is 49.8 Å². The van der Waals surface area contributed by atoms with Crippen LogP contribution in [0.4, 0.5) is 8.78 Å². The van der Waals surface area contributed by atoms with Gasteiger partial charge in [-0.05, 0) is 43.9 Å². The van der Waals surface area contributed by atoms with Crippen molar-refractivity contribution in [1.82, 2.24) is 4.31 Å². The lowest BCUT2D eigenvalue weighted by molar-refractivity contribution is 0.378. The molecule has 1 atom stereocenters. The van der Waals surface area contributed by atoms with Crippen molar-refractivity contribution in [1.29, 1.82) is 0 Å². The minimum absolute atomic E-state index is 0.161. The van der Waals surface area contributed by atoms with E-state index in [2.05, 4.69) is 0 Å². The van der Waals surface area contributed by atoms with Crippen LogP contribution in [0.25, 0.3) is 0 Å². The lowest BCUT2D eigenvalue weighted by atomic mass is 10.0. The molecule has 116 valence electrons. The molecule has 3 rings (SSSR count). The number of sulfonamides is 1.